The Morgan fingerprint density at radius 1 is 0.975 bits per heavy atom. The highest BCUT2D eigenvalue weighted by Crippen LogP contribution is 2.36. The van der Waals surface area contributed by atoms with Gasteiger partial charge in [-0.2, -0.15) is 0 Å². The van der Waals surface area contributed by atoms with Crippen LogP contribution in [0.4, 0.5) is 5.69 Å². The number of benzene rings is 3. The van der Waals surface area contributed by atoms with Gasteiger partial charge in [0.2, 0.25) is 5.91 Å². The van der Waals surface area contributed by atoms with E-state index >= 15 is 0 Å². The van der Waals surface area contributed by atoms with Crippen molar-refractivity contribution in [3.63, 3.8) is 0 Å². The molecule has 0 spiro atoms. The quantitative estimate of drug-likeness (QED) is 0.257. The van der Waals surface area contributed by atoms with E-state index in [2.05, 4.69) is 5.32 Å². The summed E-state index contributed by atoms with van der Waals surface area (Å²) >= 11 is 6.33. The first-order valence-corrected chi connectivity index (χ1v) is 13.4. The molecular formula is C30H30B3ClN2O4. The zero-order chi connectivity index (χ0) is 29.0. The van der Waals surface area contributed by atoms with Crippen LogP contribution in [-0.4, -0.2) is 46.9 Å². The molecule has 0 aliphatic carbocycles. The molecule has 0 radical (unpaired) electrons. The number of amides is 1. The van der Waals surface area contributed by atoms with Gasteiger partial charge in [-0.1, -0.05) is 64.7 Å². The molecule has 0 saturated carbocycles. The van der Waals surface area contributed by atoms with Crippen LogP contribution in [0, 0.1) is 6.92 Å². The summed E-state index contributed by atoms with van der Waals surface area (Å²) in [5.74, 6) is -0.0909. The van der Waals surface area contributed by atoms with Crippen molar-refractivity contribution in [3.8, 4) is 16.9 Å². The molecule has 1 aromatic heterocycles. The lowest BCUT2D eigenvalue weighted by Gasteiger charge is -2.23. The van der Waals surface area contributed by atoms with Crippen molar-refractivity contribution in [2.75, 3.05) is 12.4 Å². The minimum Gasteiger partial charge on any atom is -0.495 e. The Labute approximate surface area is 241 Å². The fraction of sp³-hybridized carbons (Fsp3) is 0.167. The fourth-order valence-electron chi connectivity index (χ4n) is 4.50. The standard InChI is InChI=1S/C30H30B3ClN2O4/c1-18-8-11-21(12-9-18)35-29(39)25(14-19-6-4-3-5-7-19)36-17-26(40-2)24(16-27(36)37)23-15-20(34)10-13-22(23)28(38)30(31,32)33/h3-13,15-17,25H,14,31-33H2,1-2H3,(H,35,39). The van der Waals surface area contributed by atoms with Gasteiger partial charge in [0.15, 0.2) is 0 Å². The van der Waals surface area contributed by atoms with Crippen molar-refractivity contribution >= 4 is 52.5 Å². The molecule has 1 heterocycles. The fourth-order valence-corrected chi connectivity index (χ4v) is 4.68. The number of aryl methyl sites for hydroxylation is 1. The topological polar surface area (TPSA) is 77.4 Å². The number of nitrogens with one attached hydrogen (secondary N) is 1. The van der Waals surface area contributed by atoms with Crippen molar-refractivity contribution in [3.05, 3.63) is 117 Å². The third kappa shape index (κ3) is 6.60. The van der Waals surface area contributed by atoms with Gasteiger partial charge < -0.3 is 10.1 Å². The third-order valence-corrected chi connectivity index (χ3v) is 6.93. The number of anilines is 1. The summed E-state index contributed by atoms with van der Waals surface area (Å²) in [7, 11) is 7.00. The van der Waals surface area contributed by atoms with Crippen molar-refractivity contribution in [1.82, 2.24) is 4.57 Å². The van der Waals surface area contributed by atoms with E-state index in [-0.39, 0.29) is 18.1 Å². The van der Waals surface area contributed by atoms with E-state index in [1.54, 1.807) is 18.2 Å². The number of aromatic nitrogens is 1. The summed E-state index contributed by atoms with van der Waals surface area (Å²) in [5.41, 5.74) is 3.55. The molecule has 3 aromatic carbocycles. The second-order valence-electron chi connectivity index (χ2n) is 10.8. The molecule has 1 N–H and O–H groups in total. The third-order valence-electron chi connectivity index (χ3n) is 6.69. The van der Waals surface area contributed by atoms with Crippen LogP contribution in [-0.2, 0) is 11.2 Å². The van der Waals surface area contributed by atoms with Crippen molar-refractivity contribution in [1.29, 1.82) is 0 Å². The van der Waals surface area contributed by atoms with Crippen LogP contribution in [0.1, 0.15) is 27.5 Å². The van der Waals surface area contributed by atoms with Gasteiger partial charge in [-0.3, -0.25) is 19.0 Å². The van der Waals surface area contributed by atoms with Crippen molar-refractivity contribution in [2.45, 2.75) is 24.5 Å². The Balaban J connectivity index is 1.83. The summed E-state index contributed by atoms with van der Waals surface area (Å²) in [6.07, 6.45) is 1.82. The van der Waals surface area contributed by atoms with Gasteiger partial charge in [0.1, 0.15) is 17.6 Å². The second-order valence-corrected chi connectivity index (χ2v) is 11.3. The SMILES string of the molecule is BC(B)(B)C(=O)c1ccc(Cl)cc1-c1cc(=O)n(C(Cc2ccccc2)C(=O)Nc2ccc(C)cc2)cc1OC. The van der Waals surface area contributed by atoms with E-state index in [1.807, 2.05) is 85.1 Å². The van der Waals surface area contributed by atoms with Crippen LogP contribution in [0.3, 0.4) is 0 Å². The summed E-state index contributed by atoms with van der Waals surface area (Å²) in [4.78, 5) is 40.6. The van der Waals surface area contributed by atoms with Gasteiger partial charge >= 0.3 is 0 Å². The molecule has 1 unspecified atom stereocenters. The maximum absolute atomic E-state index is 13.7. The van der Waals surface area contributed by atoms with Crippen LogP contribution in [0.5, 0.6) is 5.75 Å². The minimum atomic E-state index is -0.866. The van der Waals surface area contributed by atoms with E-state index in [0.29, 0.717) is 33.1 Å². The number of pyridine rings is 1. The van der Waals surface area contributed by atoms with Crippen LogP contribution >= 0.6 is 11.6 Å². The summed E-state index contributed by atoms with van der Waals surface area (Å²) in [6, 6.07) is 22.5. The Morgan fingerprint density at radius 3 is 2.27 bits per heavy atom. The van der Waals surface area contributed by atoms with Crippen molar-refractivity contribution in [2.24, 2.45) is 0 Å². The molecule has 10 heteroatoms. The average molecular weight is 550 g/mol. The Hall–Kier alpha value is -3.97. The number of carbonyl (C=O) groups excluding carboxylic acids is 2. The van der Waals surface area contributed by atoms with E-state index in [1.165, 1.54) is 23.9 Å². The second kappa shape index (κ2) is 12.0. The molecule has 1 atom stereocenters. The first kappa shape index (κ1) is 29.0. The number of carbonyl (C=O) groups is 2. The van der Waals surface area contributed by atoms with E-state index in [0.717, 1.165) is 11.1 Å². The minimum absolute atomic E-state index is 0.0928. The monoisotopic (exact) mass is 550 g/mol. The number of rotatable bonds is 9. The summed E-state index contributed by atoms with van der Waals surface area (Å²) in [6.45, 7) is 1.97. The number of ether oxygens (including phenoxy) is 1. The molecule has 4 aromatic rings. The number of hydrogen-bond donors (Lipinski definition) is 1. The zero-order valence-corrected chi connectivity index (χ0v) is 24.1. The van der Waals surface area contributed by atoms with Gasteiger partial charge in [-0.05, 0) is 48.4 Å². The van der Waals surface area contributed by atoms with Crippen molar-refractivity contribution < 1.29 is 14.3 Å². The molecule has 4 rings (SSSR count). The highest BCUT2D eigenvalue weighted by atomic mass is 35.5. The first-order valence-electron chi connectivity index (χ1n) is 13.0. The average Bonchev–Trinajstić information content (AvgIpc) is 2.92. The van der Waals surface area contributed by atoms with E-state index in [9.17, 15) is 14.4 Å². The summed E-state index contributed by atoms with van der Waals surface area (Å²) < 4.78 is 7.10. The predicted molar refractivity (Wildman–Crippen MR) is 169 cm³/mol. The van der Waals surface area contributed by atoms with Gasteiger partial charge in [0.25, 0.3) is 5.56 Å². The number of halogens is 1. The van der Waals surface area contributed by atoms with Gasteiger partial charge in [0, 0.05) is 34.3 Å². The van der Waals surface area contributed by atoms with E-state index in [4.69, 9.17) is 16.3 Å². The largest absolute Gasteiger partial charge is 0.495 e. The van der Waals surface area contributed by atoms with Crippen LogP contribution < -0.4 is 15.6 Å². The number of hydrogen-bond acceptors (Lipinski definition) is 4. The highest BCUT2D eigenvalue weighted by Gasteiger charge is 2.28. The highest BCUT2D eigenvalue weighted by molar-refractivity contribution is 6.70. The zero-order valence-electron chi connectivity index (χ0n) is 23.3. The van der Waals surface area contributed by atoms with Crippen LogP contribution in [0.2, 0.25) is 10.1 Å². The van der Waals surface area contributed by atoms with Crippen LogP contribution in [0.25, 0.3) is 11.1 Å². The molecule has 6 nitrogen and oxygen atoms in total. The van der Waals surface area contributed by atoms with E-state index < -0.39 is 16.7 Å². The molecule has 0 aliphatic heterocycles. The lowest BCUT2D eigenvalue weighted by atomic mass is 9.40. The summed E-state index contributed by atoms with van der Waals surface area (Å²) in [5, 5.41) is 2.71. The first-order chi connectivity index (χ1) is 19.0. The Morgan fingerprint density at radius 2 is 1.65 bits per heavy atom. The van der Waals surface area contributed by atoms with Gasteiger partial charge in [-0.15, -0.1) is 0 Å². The number of nitrogens with zero attached hydrogens (tertiary/aromatic N) is 1. The molecule has 40 heavy (non-hydrogen) atoms. The number of Topliss-reactive ketones (excluding diaryl/α,β-unsaturated/α-hetero) is 1. The molecule has 200 valence electrons. The molecule has 0 fully saturated rings. The van der Waals surface area contributed by atoms with Gasteiger partial charge in [-0.25, -0.2) is 0 Å². The molecular weight excluding hydrogens is 520 g/mol. The number of methoxy groups -OCH3 is 1. The Bertz CT molecular complexity index is 1600. The van der Waals surface area contributed by atoms with Crippen LogP contribution in [0.15, 0.2) is 89.9 Å². The lowest BCUT2D eigenvalue weighted by molar-refractivity contribution is -0.119. The Kier molecular flexibility index (Phi) is 8.74. The maximum Gasteiger partial charge on any atom is 0.252 e. The lowest BCUT2D eigenvalue weighted by Crippen LogP contribution is -2.34. The normalized spacial score (nSPS) is 12.0. The molecule has 0 aliphatic rings. The molecule has 0 bridgehead atoms. The predicted octanol–water partition coefficient (Wildman–Crippen LogP) is 3.06. The number of ketones is 1. The molecule has 1 amide bonds. The smallest absolute Gasteiger partial charge is 0.252 e. The maximum atomic E-state index is 13.7. The van der Waals surface area contributed by atoms with Gasteiger partial charge in [0.05, 0.1) is 36.8 Å². The molecule has 0 saturated heterocycles.